The van der Waals surface area contributed by atoms with Gasteiger partial charge in [0.25, 0.3) is 0 Å². The number of benzene rings is 2. The molecule has 8 heteroatoms. The molecule has 4 rings (SSSR count). The normalized spacial score (nSPS) is 13.0. The maximum atomic E-state index is 14.4. The monoisotopic (exact) mass is 411 g/mol. The van der Waals surface area contributed by atoms with Crippen LogP contribution in [-0.2, 0) is 12.4 Å². The lowest BCUT2D eigenvalue weighted by molar-refractivity contribution is 0.579. The summed E-state index contributed by atoms with van der Waals surface area (Å²) >= 11 is 18.5. The zero-order chi connectivity index (χ0) is 18.4. The zero-order valence-electron chi connectivity index (χ0n) is 13.1. The van der Waals surface area contributed by atoms with E-state index >= 15 is 0 Å². The second-order valence-electron chi connectivity index (χ2n) is 5.67. The molecular weight excluding hydrogens is 403 g/mol. The predicted octanol–water partition coefficient (Wildman–Crippen LogP) is 5.55. The summed E-state index contributed by atoms with van der Waals surface area (Å²) in [6.45, 7) is 0.114. The number of hydrogen-bond acceptors (Lipinski definition) is 2. The van der Waals surface area contributed by atoms with Crippen LogP contribution in [-0.4, -0.2) is 15.3 Å². The van der Waals surface area contributed by atoms with Crippen molar-refractivity contribution >= 4 is 40.5 Å². The summed E-state index contributed by atoms with van der Waals surface area (Å²) in [5, 5.41) is 0.426. The number of rotatable bonds is 2. The van der Waals surface area contributed by atoms with E-state index in [1.54, 1.807) is 22.9 Å². The SMILES string of the molecule is Fc1cccc(F)c1C1=NCc2nc(CCl)cn2-c2ccc(Cl)c(Cl)c21. The predicted molar refractivity (Wildman–Crippen MR) is 98.8 cm³/mol. The van der Waals surface area contributed by atoms with Crippen LogP contribution in [0.25, 0.3) is 5.69 Å². The van der Waals surface area contributed by atoms with Gasteiger partial charge in [0.15, 0.2) is 0 Å². The molecule has 0 aliphatic carbocycles. The number of nitrogens with zero attached hydrogens (tertiary/aromatic N) is 3. The minimum atomic E-state index is -0.730. The first-order chi connectivity index (χ1) is 12.5. The van der Waals surface area contributed by atoms with Gasteiger partial charge in [-0.05, 0) is 24.3 Å². The summed E-state index contributed by atoms with van der Waals surface area (Å²) in [6, 6.07) is 6.98. The Kier molecular flexibility index (Phi) is 4.47. The first-order valence-electron chi connectivity index (χ1n) is 7.62. The van der Waals surface area contributed by atoms with Crippen molar-refractivity contribution in [3.63, 3.8) is 0 Å². The van der Waals surface area contributed by atoms with E-state index in [0.717, 1.165) is 0 Å². The van der Waals surface area contributed by atoms with E-state index in [1.165, 1.54) is 18.2 Å². The largest absolute Gasteiger partial charge is 0.301 e. The summed E-state index contributed by atoms with van der Waals surface area (Å²) in [7, 11) is 0. The van der Waals surface area contributed by atoms with Crippen molar-refractivity contribution in [3.05, 3.63) is 80.9 Å². The van der Waals surface area contributed by atoms with Gasteiger partial charge in [0.2, 0.25) is 0 Å². The molecule has 1 aliphatic heterocycles. The van der Waals surface area contributed by atoms with E-state index in [1.807, 2.05) is 0 Å². The second-order valence-corrected chi connectivity index (χ2v) is 6.72. The topological polar surface area (TPSA) is 30.2 Å². The van der Waals surface area contributed by atoms with Gasteiger partial charge in [-0.1, -0.05) is 29.3 Å². The smallest absolute Gasteiger partial charge is 0.135 e. The van der Waals surface area contributed by atoms with Gasteiger partial charge in [-0.25, -0.2) is 13.8 Å². The quantitative estimate of drug-likeness (QED) is 0.508. The molecule has 0 radical (unpaired) electrons. The van der Waals surface area contributed by atoms with Crippen LogP contribution >= 0.6 is 34.8 Å². The van der Waals surface area contributed by atoms with Gasteiger partial charge in [0.05, 0.1) is 45.1 Å². The van der Waals surface area contributed by atoms with Crippen LogP contribution in [0.1, 0.15) is 22.6 Å². The average Bonchev–Trinajstić information content (AvgIpc) is 2.97. The van der Waals surface area contributed by atoms with Crippen LogP contribution in [0.3, 0.4) is 0 Å². The Bertz CT molecular complexity index is 1040. The summed E-state index contributed by atoms with van der Waals surface area (Å²) in [5.41, 5.74) is 1.44. The van der Waals surface area contributed by atoms with Crippen LogP contribution in [0.4, 0.5) is 8.78 Å². The molecule has 0 unspecified atom stereocenters. The molecule has 26 heavy (non-hydrogen) atoms. The fourth-order valence-electron chi connectivity index (χ4n) is 2.98. The van der Waals surface area contributed by atoms with Crippen LogP contribution in [0.2, 0.25) is 10.0 Å². The number of imidazole rings is 1. The van der Waals surface area contributed by atoms with Crippen molar-refractivity contribution in [2.75, 3.05) is 0 Å². The lowest BCUT2D eigenvalue weighted by Crippen LogP contribution is -2.12. The van der Waals surface area contributed by atoms with E-state index in [-0.39, 0.29) is 33.7 Å². The van der Waals surface area contributed by atoms with Crippen molar-refractivity contribution in [1.29, 1.82) is 0 Å². The summed E-state index contributed by atoms with van der Waals surface area (Å²) in [4.78, 5) is 8.83. The molecule has 1 aliphatic rings. The molecule has 0 amide bonds. The lowest BCUT2D eigenvalue weighted by Gasteiger charge is -2.15. The first kappa shape index (κ1) is 17.5. The van der Waals surface area contributed by atoms with E-state index in [9.17, 15) is 8.78 Å². The number of fused-ring (bicyclic) bond motifs is 3. The highest BCUT2D eigenvalue weighted by atomic mass is 35.5. The molecule has 0 fully saturated rings. The molecule has 0 spiro atoms. The van der Waals surface area contributed by atoms with Crippen molar-refractivity contribution < 1.29 is 8.78 Å². The van der Waals surface area contributed by atoms with Gasteiger partial charge in [-0.15, -0.1) is 11.6 Å². The standard InChI is InChI=1S/C18H10Cl3F2N3/c19-6-9-8-26-13-5-4-10(20)17(21)16(13)18(24-7-14(26)25-9)15-11(22)2-1-3-12(15)23/h1-5,8H,6-7H2. The highest BCUT2D eigenvalue weighted by molar-refractivity contribution is 6.45. The summed E-state index contributed by atoms with van der Waals surface area (Å²) in [5.74, 6) is -0.639. The van der Waals surface area contributed by atoms with Gasteiger partial charge >= 0.3 is 0 Å². The van der Waals surface area contributed by atoms with E-state index < -0.39 is 11.6 Å². The molecular formula is C18H10Cl3F2N3. The Balaban J connectivity index is 2.06. The Labute approximate surface area is 162 Å². The number of alkyl halides is 1. The van der Waals surface area contributed by atoms with E-state index in [2.05, 4.69) is 9.98 Å². The molecule has 132 valence electrons. The molecule has 0 saturated carbocycles. The van der Waals surface area contributed by atoms with Crippen LogP contribution in [0.5, 0.6) is 0 Å². The van der Waals surface area contributed by atoms with Gasteiger partial charge in [0.1, 0.15) is 17.5 Å². The molecule has 0 saturated heterocycles. The fraction of sp³-hybridized carbons (Fsp3) is 0.111. The number of aliphatic imine (C=N–C) groups is 1. The average molecular weight is 413 g/mol. The first-order valence-corrected chi connectivity index (χ1v) is 8.91. The molecule has 3 nitrogen and oxygen atoms in total. The van der Waals surface area contributed by atoms with Crippen LogP contribution in [0, 0.1) is 11.6 Å². The lowest BCUT2D eigenvalue weighted by atomic mass is 9.99. The summed E-state index contributed by atoms with van der Waals surface area (Å²) in [6.07, 6.45) is 1.75. The van der Waals surface area contributed by atoms with Crippen molar-refractivity contribution in [2.24, 2.45) is 4.99 Å². The number of aromatic nitrogens is 2. The Morgan fingerprint density at radius 3 is 2.46 bits per heavy atom. The molecule has 0 bridgehead atoms. The van der Waals surface area contributed by atoms with Gasteiger partial charge in [-0.2, -0.15) is 0 Å². The third-order valence-corrected chi connectivity index (χ3v) is 5.19. The highest BCUT2D eigenvalue weighted by Gasteiger charge is 2.27. The van der Waals surface area contributed by atoms with Crippen molar-refractivity contribution in [3.8, 4) is 5.69 Å². The Morgan fingerprint density at radius 2 is 1.77 bits per heavy atom. The maximum absolute atomic E-state index is 14.4. The molecule has 0 atom stereocenters. The third-order valence-electron chi connectivity index (χ3n) is 4.11. The number of hydrogen-bond donors (Lipinski definition) is 0. The minimum absolute atomic E-state index is 0.0982. The minimum Gasteiger partial charge on any atom is -0.301 e. The van der Waals surface area contributed by atoms with Crippen LogP contribution < -0.4 is 0 Å². The molecule has 3 aromatic rings. The van der Waals surface area contributed by atoms with E-state index in [4.69, 9.17) is 34.8 Å². The second kappa shape index (κ2) is 6.65. The van der Waals surface area contributed by atoms with Gasteiger partial charge in [-0.3, -0.25) is 4.99 Å². The molecule has 1 aromatic heterocycles. The van der Waals surface area contributed by atoms with Crippen molar-refractivity contribution in [2.45, 2.75) is 12.4 Å². The Morgan fingerprint density at radius 1 is 1.04 bits per heavy atom. The maximum Gasteiger partial charge on any atom is 0.135 e. The molecule has 2 aromatic carbocycles. The summed E-state index contributed by atoms with van der Waals surface area (Å²) < 4.78 is 30.6. The van der Waals surface area contributed by atoms with Crippen molar-refractivity contribution in [1.82, 2.24) is 9.55 Å². The number of halogens is 5. The van der Waals surface area contributed by atoms with E-state index in [0.29, 0.717) is 22.8 Å². The zero-order valence-corrected chi connectivity index (χ0v) is 15.4. The Hall–Kier alpha value is -1.95. The highest BCUT2D eigenvalue weighted by Crippen LogP contribution is 2.36. The van der Waals surface area contributed by atoms with Gasteiger partial charge < -0.3 is 4.57 Å². The van der Waals surface area contributed by atoms with Gasteiger partial charge in [0, 0.05) is 11.8 Å². The molecule has 2 heterocycles. The van der Waals surface area contributed by atoms with Crippen LogP contribution in [0.15, 0.2) is 41.5 Å². The third kappa shape index (κ3) is 2.71. The fourth-order valence-corrected chi connectivity index (χ4v) is 3.52. The molecule has 0 N–H and O–H groups in total.